The fourth-order valence-corrected chi connectivity index (χ4v) is 5.19. The maximum Gasteiger partial charge on any atom is 0.242 e. The van der Waals surface area contributed by atoms with Crippen molar-refractivity contribution in [3.63, 3.8) is 0 Å². The fraction of sp³-hybridized carbons (Fsp3) is 0.667. The van der Waals surface area contributed by atoms with Crippen molar-refractivity contribution >= 4 is 21.4 Å². The molecule has 1 aromatic rings. The third kappa shape index (κ3) is 3.17. The van der Waals surface area contributed by atoms with Crippen molar-refractivity contribution in [1.29, 1.82) is 0 Å². The Morgan fingerprint density at radius 2 is 2.21 bits per heavy atom. The zero-order chi connectivity index (χ0) is 14.0. The molecule has 0 saturated heterocycles. The molecule has 0 amide bonds. The van der Waals surface area contributed by atoms with Gasteiger partial charge < -0.3 is 9.84 Å². The van der Waals surface area contributed by atoms with Crippen LogP contribution in [-0.2, 0) is 21.4 Å². The minimum absolute atomic E-state index is 0.0626. The molecule has 7 heteroatoms. The summed E-state index contributed by atoms with van der Waals surface area (Å²) in [6, 6.07) is -0.0626. The number of aliphatic hydroxyl groups excluding tert-OH is 1. The molecule has 108 valence electrons. The fourth-order valence-electron chi connectivity index (χ4n) is 2.27. The SMILES string of the molecule is CCOC1CC(NS(=O)(=O)c2c(C)csc2CO)C1. The number of aryl methyl sites for hydroxylation is 1. The lowest BCUT2D eigenvalue weighted by molar-refractivity contribution is -0.00476. The number of thiophene rings is 1. The average molecular weight is 305 g/mol. The summed E-state index contributed by atoms with van der Waals surface area (Å²) < 4.78 is 32.7. The van der Waals surface area contributed by atoms with E-state index < -0.39 is 10.0 Å². The highest BCUT2D eigenvalue weighted by Crippen LogP contribution is 2.30. The molecule has 5 nitrogen and oxygen atoms in total. The Morgan fingerprint density at radius 1 is 1.53 bits per heavy atom. The molecule has 19 heavy (non-hydrogen) atoms. The molecule has 0 bridgehead atoms. The van der Waals surface area contributed by atoms with Gasteiger partial charge in [0.2, 0.25) is 10.0 Å². The van der Waals surface area contributed by atoms with Crippen LogP contribution in [0.3, 0.4) is 0 Å². The molecule has 2 N–H and O–H groups in total. The Morgan fingerprint density at radius 3 is 2.79 bits per heavy atom. The second kappa shape index (κ2) is 5.88. The van der Waals surface area contributed by atoms with Gasteiger partial charge >= 0.3 is 0 Å². The van der Waals surface area contributed by atoms with E-state index in [0.717, 1.165) is 0 Å². The maximum atomic E-state index is 12.3. The first-order chi connectivity index (χ1) is 8.97. The Bertz CT molecular complexity index is 532. The lowest BCUT2D eigenvalue weighted by Gasteiger charge is -2.35. The Balaban J connectivity index is 2.05. The predicted octanol–water partition coefficient (Wildman–Crippen LogP) is 1.39. The second-order valence-electron chi connectivity index (χ2n) is 4.70. The van der Waals surface area contributed by atoms with E-state index in [-0.39, 0.29) is 23.6 Å². The summed E-state index contributed by atoms with van der Waals surface area (Å²) in [5, 5.41) is 11.0. The topological polar surface area (TPSA) is 75.6 Å². The largest absolute Gasteiger partial charge is 0.391 e. The molecule has 1 aliphatic carbocycles. The van der Waals surface area contributed by atoms with Crippen molar-refractivity contribution in [3.8, 4) is 0 Å². The monoisotopic (exact) mass is 305 g/mol. The summed E-state index contributed by atoms with van der Waals surface area (Å²) in [4.78, 5) is 0.727. The normalized spacial score (nSPS) is 23.3. The van der Waals surface area contributed by atoms with E-state index in [0.29, 0.717) is 29.9 Å². The van der Waals surface area contributed by atoms with Gasteiger partial charge in [-0.2, -0.15) is 0 Å². The van der Waals surface area contributed by atoms with E-state index in [2.05, 4.69) is 4.72 Å². The van der Waals surface area contributed by atoms with Gasteiger partial charge in [0.1, 0.15) is 4.90 Å². The molecule has 1 saturated carbocycles. The lowest BCUT2D eigenvalue weighted by atomic mass is 9.90. The van der Waals surface area contributed by atoms with Gasteiger partial charge in [-0.1, -0.05) is 0 Å². The zero-order valence-corrected chi connectivity index (χ0v) is 12.7. The van der Waals surface area contributed by atoms with Gasteiger partial charge in [0.15, 0.2) is 0 Å². The molecule has 1 heterocycles. The first-order valence-electron chi connectivity index (χ1n) is 6.29. The van der Waals surface area contributed by atoms with Crippen LogP contribution in [0.1, 0.15) is 30.2 Å². The molecule has 0 aliphatic heterocycles. The van der Waals surface area contributed by atoms with Gasteiger partial charge in [0, 0.05) is 12.6 Å². The number of rotatable bonds is 6. The minimum atomic E-state index is -3.54. The van der Waals surface area contributed by atoms with E-state index in [4.69, 9.17) is 4.74 Å². The quantitative estimate of drug-likeness (QED) is 0.833. The number of ether oxygens (including phenoxy) is 1. The summed E-state index contributed by atoms with van der Waals surface area (Å²) in [5.74, 6) is 0. The number of hydrogen-bond donors (Lipinski definition) is 2. The molecular weight excluding hydrogens is 286 g/mol. The number of sulfonamides is 1. The van der Waals surface area contributed by atoms with Crippen LogP contribution in [0.5, 0.6) is 0 Å². The molecule has 0 radical (unpaired) electrons. The first kappa shape index (κ1) is 14.9. The molecule has 0 aromatic carbocycles. The van der Waals surface area contributed by atoms with E-state index in [1.54, 1.807) is 12.3 Å². The second-order valence-corrected chi connectivity index (χ2v) is 7.31. The molecule has 1 aromatic heterocycles. The van der Waals surface area contributed by atoms with Crippen LogP contribution in [0, 0.1) is 6.92 Å². The van der Waals surface area contributed by atoms with E-state index in [1.807, 2.05) is 6.92 Å². The van der Waals surface area contributed by atoms with Gasteiger partial charge in [-0.15, -0.1) is 11.3 Å². The summed E-state index contributed by atoms with van der Waals surface area (Å²) >= 11 is 1.27. The molecular formula is C12H19NO4S2. The van der Waals surface area contributed by atoms with Crippen molar-refractivity contribution in [3.05, 3.63) is 15.8 Å². The van der Waals surface area contributed by atoms with Crippen molar-refractivity contribution in [2.45, 2.75) is 50.3 Å². The van der Waals surface area contributed by atoms with Crippen LogP contribution in [0.2, 0.25) is 0 Å². The average Bonchev–Trinajstić information content (AvgIpc) is 2.68. The van der Waals surface area contributed by atoms with E-state index in [1.165, 1.54) is 11.3 Å². The van der Waals surface area contributed by atoms with Crippen LogP contribution in [-0.4, -0.2) is 32.3 Å². The summed E-state index contributed by atoms with van der Waals surface area (Å²) in [6.45, 7) is 4.08. The Hall–Kier alpha value is -0.470. The van der Waals surface area contributed by atoms with E-state index in [9.17, 15) is 13.5 Å². The molecule has 0 unspecified atom stereocenters. The highest BCUT2D eigenvalue weighted by Gasteiger charge is 2.34. The Kier molecular flexibility index (Phi) is 4.62. The predicted molar refractivity (Wildman–Crippen MR) is 73.7 cm³/mol. The summed E-state index contributed by atoms with van der Waals surface area (Å²) in [6.07, 6.45) is 1.59. The van der Waals surface area contributed by atoms with Gasteiger partial charge in [-0.25, -0.2) is 13.1 Å². The van der Waals surface area contributed by atoms with Crippen LogP contribution in [0.15, 0.2) is 10.3 Å². The van der Waals surface area contributed by atoms with Crippen LogP contribution in [0.4, 0.5) is 0 Å². The summed E-state index contributed by atoms with van der Waals surface area (Å²) in [7, 11) is -3.54. The molecule has 2 rings (SSSR count). The van der Waals surface area contributed by atoms with Crippen LogP contribution in [0.25, 0.3) is 0 Å². The zero-order valence-electron chi connectivity index (χ0n) is 11.0. The van der Waals surface area contributed by atoms with Gasteiger partial charge in [-0.05, 0) is 37.6 Å². The highest BCUT2D eigenvalue weighted by atomic mass is 32.2. The van der Waals surface area contributed by atoms with Crippen molar-refractivity contribution in [2.75, 3.05) is 6.61 Å². The van der Waals surface area contributed by atoms with Gasteiger partial charge in [0.05, 0.1) is 17.6 Å². The third-order valence-corrected chi connectivity index (χ3v) is 6.19. The van der Waals surface area contributed by atoms with Gasteiger partial charge in [-0.3, -0.25) is 0 Å². The molecule has 0 spiro atoms. The third-order valence-electron chi connectivity index (χ3n) is 3.22. The lowest BCUT2D eigenvalue weighted by Crippen LogP contribution is -2.47. The smallest absolute Gasteiger partial charge is 0.242 e. The van der Waals surface area contributed by atoms with Crippen molar-refractivity contribution in [2.24, 2.45) is 0 Å². The van der Waals surface area contributed by atoms with Crippen molar-refractivity contribution in [1.82, 2.24) is 4.72 Å². The minimum Gasteiger partial charge on any atom is -0.391 e. The molecule has 0 atom stereocenters. The molecule has 1 fully saturated rings. The number of nitrogens with one attached hydrogen (secondary N) is 1. The standard InChI is InChI=1S/C12H19NO4S2/c1-3-17-10-4-9(5-10)13-19(15,16)12-8(2)7-18-11(12)6-14/h7,9-10,13-14H,3-6H2,1-2H3. The Labute approximate surface area is 117 Å². The molecule has 1 aliphatic rings. The van der Waals surface area contributed by atoms with Crippen molar-refractivity contribution < 1.29 is 18.3 Å². The first-order valence-corrected chi connectivity index (χ1v) is 8.66. The number of hydrogen-bond acceptors (Lipinski definition) is 5. The van der Waals surface area contributed by atoms with Crippen LogP contribution >= 0.6 is 11.3 Å². The van der Waals surface area contributed by atoms with Crippen LogP contribution < -0.4 is 4.72 Å². The van der Waals surface area contributed by atoms with Gasteiger partial charge in [0.25, 0.3) is 0 Å². The number of aliphatic hydroxyl groups is 1. The highest BCUT2D eigenvalue weighted by molar-refractivity contribution is 7.89. The maximum absolute atomic E-state index is 12.3. The summed E-state index contributed by atoms with van der Waals surface area (Å²) in [5.41, 5.74) is 0.683. The van der Waals surface area contributed by atoms with E-state index >= 15 is 0 Å².